The van der Waals surface area contributed by atoms with Crippen molar-refractivity contribution in [2.75, 3.05) is 0 Å². The van der Waals surface area contributed by atoms with Crippen molar-refractivity contribution in [2.24, 2.45) is 0 Å². The summed E-state index contributed by atoms with van der Waals surface area (Å²) in [5, 5.41) is 20.3. The molecule has 1 heterocycles. The lowest BCUT2D eigenvalue weighted by Gasteiger charge is -2.08. The highest BCUT2D eigenvalue weighted by molar-refractivity contribution is 5.71. The lowest BCUT2D eigenvalue weighted by Crippen LogP contribution is -2.27. The van der Waals surface area contributed by atoms with Crippen molar-refractivity contribution >= 4 is 5.97 Å². The molecule has 0 amide bonds. The van der Waals surface area contributed by atoms with Crippen LogP contribution in [0.15, 0.2) is 6.33 Å². The molecule has 5 heteroatoms. The van der Waals surface area contributed by atoms with Crippen LogP contribution < -0.4 is 4.73 Å². The van der Waals surface area contributed by atoms with Crippen LogP contribution in [0.4, 0.5) is 0 Å². The van der Waals surface area contributed by atoms with Crippen molar-refractivity contribution in [3.05, 3.63) is 22.9 Å². The first-order valence-electron chi connectivity index (χ1n) is 4.99. The Labute approximate surface area is 88.5 Å². The molecule has 0 saturated carbocycles. The summed E-state index contributed by atoms with van der Waals surface area (Å²) in [7, 11) is 0. The Balaban J connectivity index is 3.11. The average Bonchev–Trinajstić information content (AvgIpc) is 2.42. The van der Waals surface area contributed by atoms with E-state index in [0.29, 0.717) is 22.5 Å². The highest BCUT2D eigenvalue weighted by Crippen LogP contribution is 2.17. The second-order valence-corrected chi connectivity index (χ2v) is 3.66. The maximum absolute atomic E-state index is 11.3. The molecule has 0 aliphatic rings. The minimum absolute atomic E-state index is 0.532. The number of imidazole rings is 1. The van der Waals surface area contributed by atoms with Gasteiger partial charge in [0.1, 0.15) is 11.4 Å². The molecule has 1 atom stereocenters. The van der Waals surface area contributed by atoms with Crippen LogP contribution in [-0.4, -0.2) is 15.6 Å². The summed E-state index contributed by atoms with van der Waals surface area (Å²) in [6.45, 7) is 5.37. The molecule has 5 nitrogen and oxygen atoms in total. The van der Waals surface area contributed by atoms with E-state index in [1.807, 2.05) is 6.92 Å². The first kappa shape index (κ1) is 11.6. The van der Waals surface area contributed by atoms with Crippen LogP contribution in [0, 0.1) is 19.1 Å². The van der Waals surface area contributed by atoms with Gasteiger partial charge < -0.3 is 10.3 Å². The smallest absolute Gasteiger partial charge is 0.349 e. The van der Waals surface area contributed by atoms with Crippen LogP contribution in [-0.2, 0) is 4.79 Å². The van der Waals surface area contributed by atoms with E-state index in [9.17, 15) is 10.0 Å². The third kappa shape index (κ3) is 2.11. The molecule has 0 radical (unpaired) electrons. The molecule has 0 fully saturated rings. The SMILES string of the molecule is CCCC(C(=O)O)n1c[n+]([O-])c(C)c1C. The highest BCUT2D eigenvalue weighted by Gasteiger charge is 2.27. The third-order valence-corrected chi connectivity index (χ3v) is 2.65. The molecule has 1 rings (SSSR count). The van der Waals surface area contributed by atoms with Gasteiger partial charge in [0.05, 0.1) is 0 Å². The van der Waals surface area contributed by atoms with Crippen molar-refractivity contribution in [1.29, 1.82) is 0 Å². The van der Waals surface area contributed by atoms with E-state index in [0.717, 1.165) is 6.42 Å². The fourth-order valence-corrected chi connectivity index (χ4v) is 1.60. The molecule has 0 spiro atoms. The van der Waals surface area contributed by atoms with Crippen molar-refractivity contribution in [1.82, 2.24) is 4.57 Å². The van der Waals surface area contributed by atoms with E-state index >= 15 is 0 Å². The summed E-state index contributed by atoms with van der Waals surface area (Å²) in [4.78, 5) is 11.0. The molecule has 1 unspecified atom stereocenters. The van der Waals surface area contributed by atoms with Gasteiger partial charge in [-0.25, -0.2) is 14.1 Å². The van der Waals surface area contributed by atoms with Gasteiger partial charge >= 0.3 is 5.97 Å². The highest BCUT2D eigenvalue weighted by atomic mass is 16.5. The quantitative estimate of drug-likeness (QED) is 0.601. The van der Waals surface area contributed by atoms with Crippen molar-refractivity contribution in [3.63, 3.8) is 0 Å². The molecular formula is C10H16N2O3. The Morgan fingerprint density at radius 3 is 2.60 bits per heavy atom. The first-order valence-corrected chi connectivity index (χ1v) is 4.99. The average molecular weight is 212 g/mol. The fraction of sp³-hybridized carbons (Fsp3) is 0.600. The first-order chi connectivity index (χ1) is 6.99. The minimum atomic E-state index is -0.893. The van der Waals surface area contributed by atoms with Gasteiger partial charge in [0.2, 0.25) is 6.33 Å². The zero-order chi connectivity index (χ0) is 11.6. The molecule has 0 aliphatic heterocycles. The van der Waals surface area contributed by atoms with E-state index in [-0.39, 0.29) is 0 Å². The van der Waals surface area contributed by atoms with Gasteiger partial charge in [-0.3, -0.25) is 0 Å². The van der Waals surface area contributed by atoms with Crippen LogP contribution >= 0.6 is 0 Å². The van der Waals surface area contributed by atoms with Crippen LogP contribution in [0.1, 0.15) is 37.2 Å². The number of aromatic nitrogens is 2. The second kappa shape index (κ2) is 4.33. The maximum Gasteiger partial charge on any atom is 0.349 e. The second-order valence-electron chi connectivity index (χ2n) is 3.66. The molecule has 0 saturated heterocycles. The van der Waals surface area contributed by atoms with Gasteiger partial charge in [-0.1, -0.05) is 13.3 Å². The number of carboxylic acid groups (broad SMARTS) is 1. The third-order valence-electron chi connectivity index (χ3n) is 2.65. The van der Waals surface area contributed by atoms with Crippen molar-refractivity contribution in [2.45, 2.75) is 39.7 Å². The topological polar surface area (TPSA) is 69.2 Å². The van der Waals surface area contributed by atoms with Crippen LogP contribution in [0.25, 0.3) is 0 Å². The monoisotopic (exact) mass is 212 g/mol. The van der Waals surface area contributed by atoms with Crippen LogP contribution in [0.5, 0.6) is 0 Å². The zero-order valence-electron chi connectivity index (χ0n) is 9.23. The van der Waals surface area contributed by atoms with Gasteiger partial charge in [0.25, 0.3) is 0 Å². The molecular weight excluding hydrogens is 196 g/mol. The van der Waals surface area contributed by atoms with Crippen LogP contribution in [0.3, 0.4) is 0 Å². The summed E-state index contributed by atoms with van der Waals surface area (Å²) >= 11 is 0. The molecule has 0 aromatic carbocycles. The van der Waals surface area contributed by atoms with Crippen molar-refractivity contribution < 1.29 is 14.6 Å². The minimum Gasteiger partial charge on any atom is -0.711 e. The Kier molecular flexibility index (Phi) is 3.34. The van der Waals surface area contributed by atoms with Gasteiger partial charge in [0.15, 0.2) is 6.04 Å². The number of nitrogens with zero attached hydrogens (tertiary/aromatic N) is 2. The number of rotatable bonds is 4. The van der Waals surface area contributed by atoms with E-state index in [4.69, 9.17) is 5.11 Å². The number of carboxylic acids is 1. The van der Waals surface area contributed by atoms with Crippen LogP contribution in [0.2, 0.25) is 0 Å². The summed E-state index contributed by atoms with van der Waals surface area (Å²) in [5.41, 5.74) is 1.27. The standard InChI is InChI=1S/C10H16N2O3/c1-4-5-9(10(13)14)11-6-12(15)8(3)7(11)2/h6,9H,4-5H2,1-3H3,(H,13,14). The molecule has 1 N–H and O–H groups in total. The molecule has 0 bridgehead atoms. The number of hydrogen-bond acceptors (Lipinski definition) is 2. The van der Waals surface area contributed by atoms with Gasteiger partial charge in [0, 0.05) is 13.8 Å². The maximum atomic E-state index is 11.3. The largest absolute Gasteiger partial charge is 0.711 e. The van der Waals surface area contributed by atoms with Gasteiger partial charge in [-0.05, 0) is 6.42 Å². The number of hydrogen-bond donors (Lipinski definition) is 1. The Bertz CT molecular complexity index is 371. The number of aliphatic carboxylic acids is 1. The summed E-state index contributed by atoms with van der Waals surface area (Å²) < 4.78 is 2.25. The summed E-state index contributed by atoms with van der Waals surface area (Å²) in [6, 6.07) is -0.635. The lowest BCUT2D eigenvalue weighted by atomic mass is 10.1. The summed E-state index contributed by atoms with van der Waals surface area (Å²) in [6.07, 6.45) is 2.61. The molecule has 1 aromatic rings. The fourth-order valence-electron chi connectivity index (χ4n) is 1.60. The Morgan fingerprint density at radius 2 is 2.27 bits per heavy atom. The Hall–Kier alpha value is -1.52. The predicted octanol–water partition coefficient (Wildman–Crippen LogP) is 1.16. The van der Waals surface area contributed by atoms with E-state index in [2.05, 4.69) is 0 Å². The van der Waals surface area contributed by atoms with E-state index < -0.39 is 12.0 Å². The normalized spacial score (nSPS) is 12.7. The zero-order valence-corrected chi connectivity index (χ0v) is 9.23. The van der Waals surface area contributed by atoms with Crippen molar-refractivity contribution in [3.8, 4) is 0 Å². The molecule has 1 aromatic heterocycles. The molecule has 0 aliphatic carbocycles. The molecule has 84 valence electrons. The van der Waals surface area contributed by atoms with Gasteiger partial charge in [-0.2, -0.15) is 0 Å². The lowest BCUT2D eigenvalue weighted by molar-refractivity contribution is -0.611. The predicted molar refractivity (Wildman–Crippen MR) is 54.4 cm³/mol. The molecule has 15 heavy (non-hydrogen) atoms. The summed E-state index contributed by atoms with van der Waals surface area (Å²) in [5.74, 6) is -0.893. The van der Waals surface area contributed by atoms with Gasteiger partial charge in [-0.15, -0.1) is 0 Å². The van der Waals surface area contributed by atoms with E-state index in [1.165, 1.54) is 10.9 Å². The van der Waals surface area contributed by atoms with E-state index in [1.54, 1.807) is 13.8 Å². The Morgan fingerprint density at radius 1 is 1.67 bits per heavy atom. The number of carbonyl (C=O) groups is 1.